The first-order valence-electron chi connectivity index (χ1n) is 8.78. The van der Waals surface area contributed by atoms with E-state index in [1.165, 1.54) is 33.1 Å². The Kier molecular flexibility index (Phi) is 3.59. The van der Waals surface area contributed by atoms with E-state index in [1.54, 1.807) is 7.11 Å². The van der Waals surface area contributed by atoms with Crippen LogP contribution in [0.25, 0.3) is 5.70 Å². The lowest BCUT2D eigenvalue weighted by molar-refractivity contribution is 0.373. The molecule has 1 aliphatic carbocycles. The van der Waals surface area contributed by atoms with Crippen molar-refractivity contribution >= 4 is 22.6 Å². The molecule has 1 saturated heterocycles. The Morgan fingerprint density at radius 3 is 2.84 bits per heavy atom. The molecule has 3 nitrogen and oxygen atoms in total. The van der Waals surface area contributed by atoms with Crippen LogP contribution in [0.1, 0.15) is 29.2 Å². The molecule has 1 unspecified atom stereocenters. The molecule has 25 heavy (non-hydrogen) atoms. The summed E-state index contributed by atoms with van der Waals surface area (Å²) in [6, 6.07) is 17.6. The Hall–Kier alpha value is -2.20. The number of fused-ring (bicyclic) bond motifs is 3. The van der Waals surface area contributed by atoms with Crippen molar-refractivity contribution in [3.8, 4) is 5.75 Å². The number of thioether (sulfide) groups is 1. The summed E-state index contributed by atoms with van der Waals surface area (Å²) < 4.78 is 5.41. The quantitative estimate of drug-likeness (QED) is 0.798. The van der Waals surface area contributed by atoms with Crippen molar-refractivity contribution in [2.24, 2.45) is 4.99 Å². The van der Waals surface area contributed by atoms with Crippen molar-refractivity contribution in [1.82, 2.24) is 4.90 Å². The van der Waals surface area contributed by atoms with Crippen LogP contribution in [0.2, 0.25) is 0 Å². The van der Waals surface area contributed by atoms with E-state index < -0.39 is 0 Å². The fraction of sp³-hybridized carbons (Fsp3) is 0.286. The van der Waals surface area contributed by atoms with E-state index in [9.17, 15) is 0 Å². The number of aliphatic imine (C=N–C) groups is 1. The molecule has 3 aliphatic rings. The second kappa shape index (κ2) is 5.95. The van der Waals surface area contributed by atoms with Gasteiger partial charge in [0, 0.05) is 17.9 Å². The molecular weight excluding hydrogens is 328 g/mol. The third kappa shape index (κ3) is 2.39. The van der Waals surface area contributed by atoms with Crippen LogP contribution >= 0.6 is 11.8 Å². The predicted molar refractivity (Wildman–Crippen MR) is 104 cm³/mol. The first-order chi connectivity index (χ1) is 12.3. The SMILES string of the molecule is COc1ccc2c(c1)CCC1=C2N=C2SCCN2C1c1ccccc1. The first kappa shape index (κ1) is 15.1. The lowest BCUT2D eigenvalue weighted by Crippen LogP contribution is -2.35. The van der Waals surface area contributed by atoms with Gasteiger partial charge in [-0.25, -0.2) is 4.99 Å². The molecule has 0 N–H and O–H groups in total. The van der Waals surface area contributed by atoms with Crippen molar-refractivity contribution in [3.63, 3.8) is 0 Å². The molecule has 1 fully saturated rings. The molecule has 0 bridgehead atoms. The third-order valence-electron chi connectivity index (χ3n) is 5.31. The summed E-state index contributed by atoms with van der Waals surface area (Å²) in [5.74, 6) is 2.06. The van der Waals surface area contributed by atoms with Crippen LogP contribution in [0.5, 0.6) is 5.75 Å². The highest BCUT2D eigenvalue weighted by Crippen LogP contribution is 2.47. The molecule has 0 amide bonds. The minimum absolute atomic E-state index is 0.328. The van der Waals surface area contributed by atoms with Gasteiger partial charge >= 0.3 is 0 Å². The van der Waals surface area contributed by atoms with E-state index >= 15 is 0 Å². The number of hydrogen-bond donors (Lipinski definition) is 0. The van der Waals surface area contributed by atoms with Gasteiger partial charge in [0.25, 0.3) is 0 Å². The molecular formula is C21H20N2OS. The summed E-state index contributed by atoms with van der Waals surface area (Å²) in [7, 11) is 1.73. The maximum Gasteiger partial charge on any atom is 0.165 e. The van der Waals surface area contributed by atoms with Crippen LogP contribution < -0.4 is 4.74 Å². The first-order valence-corrected chi connectivity index (χ1v) is 9.77. The Bertz CT molecular complexity index is 888. The molecule has 0 spiro atoms. The van der Waals surface area contributed by atoms with Crippen LogP contribution in [0.4, 0.5) is 0 Å². The molecule has 2 aromatic carbocycles. The zero-order chi connectivity index (χ0) is 16.8. The van der Waals surface area contributed by atoms with E-state index in [2.05, 4.69) is 53.4 Å². The fourth-order valence-corrected chi connectivity index (χ4v) is 5.13. The van der Waals surface area contributed by atoms with Crippen LogP contribution in [0.3, 0.4) is 0 Å². The molecule has 2 aromatic rings. The van der Waals surface area contributed by atoms with E-state index in [4.69, 9.17) is 9.73 Å². The zero-order valence-electron chi connectivity index (χ0n) is 14.2. The van der Waals surface area contributed by atoms with Crippen molar-refractivity contribution in [1.29, 1.82) is 0 Å². The molecule has 126 valence electrons. The molecule has 5 rings (SSSR count). The van der Waals surface area contributed by atoms with Gasteiger partial charge in [0.05, 0.1) is 18.8 Å². The standard InChI is InChI=1S/C21H20N2OS/c1-24-16-8-10-17-15(13-16)7-9-18-19(17)22-21-23(11-12-25-21)20(18)14-5-3-2-4-6-14/h2-6,8,10,13,20H,7,9,11-12H2,1H3. The van der Waals surface area contributed by atoms with Crippen LogP contribution in [0, 0.1) is 0 Å². The second-order valence-electron chi connectivity index (χ2n) is 6.65. The predicted octanol–water partition coefficient (Wildman–Crippen LogP) is 4.51. The maximum absolute atomic E-state index is 5.41. The van der Waals surface area contributed by atoms with Gasteiger partial charge in [0.2, 0.25) is 0 Å². The highest BCUT2D eigenvalue weighted by molar-refractivity contribution is 8.14. The Labute approximate surface area is 152 Å². The number of rotatable bonds is 2. The monoisotopic (exact) mass is 348 g/mol. The van der Waals surface area contributed by atoms with Crippen LogP contribution in [0.15, 0.2) is 59.1 Å². The second-order valence-corrected chi connectivity index (χ2v) is 7.71. The number of methoxy groups -OCH3 is 1. The van der Waals surface area contributed by atoms with Crippen molar-refractivity contribution in [2.45, 2.75) is 18.9 Å². The lowest BCUT2D eigenvalue weighted by atomic mass is 9.82. The average Bonchev–Trinajstić information content (AvgIpc) is 3.14. The summed E-state index contributed by atoms with van der Waals surface area (Å²) in [6.45, 7) is 1.08. The Morgan fingerprint density at radius 2 is 2.00 bits per heavy atom. The molecule has 2 aliphatic heterocycles. The van der Waals surface area contributed by atoms with Crippen LogP contribution in [-0.2, 0) is 6.42 Å². The minimum atomic E-state index is 0.328. The molecule has 2 heterocycles. The molecule has 0 radical (unpaired) electrons. The van der Waals surface area contributed by atoms with Gasteiger partial charge in [-0.05, 0) is 47.7 Å². The van der Waals surface area contributed by atoms with Crippen molar-refractivity contribution in [3.05, 3.63) is 70.8 Å². The van der Waals surface area contributed by atoms with E-state index in [-0.39, 0.29) is 0 Å². The normalized spacial score (nSPS) is 21.4. The van der Waals surface area contributed by atoms with Gasteiger partial charge in [-0.15, -0.1) is 0 Å². The lowest BCUT2D eigenvalue weighted by Gasteiger charge is -2.38. The summed E-state index contributed by atoms with van der Waals surface area (Å²) in [5, 5.41) is 1.18. The van der Waals surface area contributed by atoms with Gasteiger partial charge in [-0.1, -0.05) is 42.1 Å². The summed E-state index contributed by atoms with van der Waals surface area (Å²) in [5.41, 5.74) is 6.67. The molecule has 4 heteroatoms. The van der Waals surface area contributed by atoms with E-state index in [1.807, 2.05) is 11.8 Å². The number of amidine groups is 1. The highest BCUT2D eigenvalue weighted by atomic mass is 32.2. The zero-order valence-corrected chi connectivity index (χ0v) is 15.1. The number of nitrogens with zero attached hydrogens (tertiary/aromatic N) is 2. The Morgan fingerprint density at radius 1 is 1.12 bits per heavy atom. The Balaban J connectivity index is 1.68. The molecule has 0 saturated carbocycles. The number of ether oxygens (including phenoxy) is 1. The highest BCUT2D eigenvalue weighted by Gasteiger charge is 2.38. The topological polar surface area (TPSA) is 24.8 Å². The van der Waals surface area contributed by atoms with Crippen LogP contribution in [-0.4, -0.2) is 29.5 Å². The smallest absolute Gasteiger partial charge is 0.165 e. The summed E-state index contributed by atoms with van der Waals surface area (Å²) in [4.78, 5) is 7.58. The van der Waals surface area contributed by atoms with E-state index in [0.29, 0.717) is 6.04 Å². The van der Waals surface area contributed by atoms with Crippen molar-refractivity contribution in [2.75, 3.05) is 19.4 Å². The maximum atomic E-state index is 5.41. The van der Waals surface area contributed by atoms with Gasteiger partial charge < -0.3 is 9.64 Å². The minimum Gasteiger partial charge on any atom is -0.497 e. The number of hydrogen-bond acceptors (Lipinski definition) is 4. The van der Waals surface area contributed by atoms with Gasteiger partial charge in [-0.2, -0.15) is 0 Å². The van der Waals surface area contributed by atoms with Crippen molar-refractivity contribution < 1.29 is 4.74 Å². The van der Waals surface area contributed by atoms with Gasteiger partial charge in [-0.3, -0.25) is 0 Å². The number of aryl methyl sites for hydroxylation is 1. The molecule has 0 aromatic heterocycles. The fourth-order valence-electron chi connectivity index (χ4n) is 4.14. The number of benzene rings is 2. The van der Waals surface area contributed by atoms with E-state index in [0.717, 1.165) is 30.9 Å². The summed E-state index contributed by atoms with van der Waals surface area (Å²) in [6.07, 6.45) is 2.12. The third-order valence-corrected chi connectivity index (χ3v) is 6.28. The largest absolute Gasteiger partial charge is 0.497 e. The van der Waals surface area contributed by atoms with Gasteiger partial charge in [0.15, 0.2) is 5.17 Å². The summed E-state index contributed by atoms with van der Waals surface area (Å²) >= 11 is 1.88. The average molecular weight is 348 g/mol. The van der Waals surface area contributed by atoms with Gasteiger partial charge in [0.1, 0.15) is 5.75 Å². The molecule has 1 atom stereocenters.